The predicted molar refractivity (Wildman–Crippen MR) is 348 cm³/mol. The minimum atomic E-state index is -1.70. The van der Waals surface area contributed by atoms with Gasteiger partial charge in [0.05, 0.1) is 36.4 Å². The lowest BCUT2D eigenvalue weighted by molar-refractivity contribution is -0.151. The van der Waals surface area contributed by atoms with E-state index in [-0.39, 0.29) is 115 Å². The number of piperazine rings is 1. The van der Waals surface area contributed by atoms with Crippen molar-refractivity contribution in [1.29, 1.82) is 0 Å². The van der Waals surface area contributed by atoms with Gasteiger partial charge in [-0.2, -0.15) is 0 Å². The standard InChI is InChI=1S/C67H99N9O20/c1-9-49(78)43(6)59-50(94-59)38-66(7,91)29-13-15-41(4)58-42(5)18-24-51(67(8,92)30-28-46(77)37-56(84)96-58)95-65(90)75-35-33-74(34-36-75)64(89)93-39-44-19-21-45(22-20-44)70-60(85)47(16-14-31-69-63(68)88)72-62(87)57(40(2)3)73-61(86)48(23-27-55(82)83)71-52(79)17-11-10-12-32-76-53(80)25-26-54(76)81/h13,15,18-22,24-26,29,40,42-43,46-51,57-59,77-78,91-92H,9-12,14,16-17,23,27-28,30-39H2,1-8H3,(H,70,85)(H,71,79)(H,72,87)(H,73,86)(H,82,83)(H3,68,69,88)/b24-18+,29-13+,41-15+/t42-,43+,46+,47-,48-,49-,50+,51-,57-,58+,59+,66-,67+/m0/s1. The molecule has 10 amide bonds. The highest BCUT2D eigenvalue weighted by Gasteiger charge is 2.47. The molecule has 96 heavy (non-hydrogen) atoms. The average Bonchev–Trinajstić information content (AvgIpc) is 1.64. The molecule has 29 nitrogen and oxygen atoms in total. The zero-order chi connectivity index (χ0) is 71.0. The lowest BCUT2D eigenvalue weighted by Gasteiger charge is -2.37. The third-order valence-corrected chi connectivity index (χ3v) is 17.3. The van der Waals surface area contributed by atoms with E-state index in [0.29, 0.717) is 43.2 Å². The van der Waals surface area contributed by atoms with Crippen molar-refractivity contribution in [2.75, 3.05) is 44.6 Å². The molecule has 0 aliphatic carbocycles. The minimum absolute atomic E-state index is 0.0109. The molecule has 4 aliphatic rings. The molecule has 2 fully saturated rings. The van der Waals surface area contributed by atoms with E-state index in [1.165, 1.54) is 35.0 Å². The Labute approximate surface area is 559 Å². The van der Waals surface area contributed by atoms with E-state index in [1.54, 1.807) is 83.2 Å². The second-order valence-electron chi connectivity index (χ2n) is 26.0. The number of nitrogens with one attached hydrogen (secondary N) is 5. The van der Waals surface area contributed by atoms with Crippen LogP contribution in [0.1, 0.15) is 144 Å². The molecule has 1 aromatic carbocycles. The fourth-order valence-electron chi connectivity index (χ4n) is 11.2. The number of amides is 10. The number of aliphatic carboxylic acids is 1. The number of esters is 1. The van der Waals surface area contributed by atoms with Gasteiger partial charge in [-0.25, -0.2) is 14.4 Å². The molecule has 13 atom stereocenters. The van der Waals surface area contributed by atoms with Crippen molar-refractivity contribution in [2.24, 2.45) is 23.5 Å². The van der Waals surface area contributed by atoms with E-state index in [0.717, 1.165) is 4.90 Å². The smallest absolute Gasteiger partial charge is 0.410 e. The van der Waals surface area contributed by atoms with Crippen LogP contribution in [0.4, 0.5) is 20.1 Å². The summed E-state index contributed by atoms with van der Waals surface area (Å²) in [5.41, 5.74) is 3.71. The summed E-state index contributed by atoms with van der Waals surface area (Å²) in [7, 11) is 0. The number of primary amides is 1. The summed E-state index contributed by atoms with van der Waals surface area (Å²) in [5, 5.41) is 66.4. The molecule has 29 heteroatoms. The van der Waals surface area contributed by atoms with Gasteiger partial charge in [0.15, 0.2) is 6.10 Å². The van der Waals surface area contributed by atoms with Gasteiger partial charge in [0.25, 0.3) is 11.8 Å². The lowest BCUT2D eigenvalue weighted by atomic mass is 9.88. The number of hydrogen-bond acceptors (Lipinski definition) is 19. The van der Waals surface area contributed by atoms with E-state index >= 15 is 0 Å². The van der Waals surface area contributed by atoms with Crippen molar-refractivity contribution >= 4 is 71.3 Å². The van der Waals surface area contributed by atoms with Crippen LogP contribution in [0.15, 0.2) is 72.4 Å². The van der Waals surface area contributed by atoms with Crippen molar-refractivity contribution in [1.82, 2.24) is 36.0 Å². The Kier molecular flexibility index (Phi) is 30.5. The summed E-state index contributed by atoms with van der Waals surface area (Å²) >= 11 is 0. The molecule has 4 aliphatic heterocycles. The summed E-state index contributed by atoms with van der Waals surface area (Å²) < 4.78 is 23.2. The van der Waals surface area contributed by atoms with Gasteiger partial charge >= 0.3 is 30.2 Å². The number of carbonyl (C=O) groups is 11. The minimum Gasteiger partial charge on any atom is -0.481 e. The van der Waals surface area contributed by atoms with Crippen LogP contribution in [0.5, 0.6) is 0 Å². The summed E-state index contributed by atoms with van der Waals surface area (Å²) in [6.45, 7) is 14.0. The Morgan fingerprint density at radius 3 is 2.12 bits per heavy atom. The zero-order valence-electron chi connectivity index (χ0n) is 56.2. The van der Waals surface area contributed by atoms with Gasteiger partial charge in [-0.3, -0.25) is 43.3 Å². The summed E-state index contributed by atoms with van der Waals surface area (Å²) in [4.78, 5) is 145. The van der Waals surface area contributed by atoms with Gasteiger partial charge in [-0.1, -0.05) is 77.5 Å². The Bertz CT molecular complexity index is 2980. The first-order valence-corrected chi connectivity index (χ1v) is 32.9. The lowest BCUT2D eigenvalue weighted by Crippen LogP contribution is -2.57. The number of aliphatic hydroxyl groups is 4. The number of ether oxygens (including phenoxy) is 4. The average molecular weight is 1350 g/mol. The van der Waals surface area contributed by atoms with Gasteiger partial charge in [0.1, 0.15) is 36.4 Å². The van der Waals surface area contributed by atoms with Crippen LogP contribution in [-0.2, 0) is 63.9 Å². The highest BCUT2D eigenvalue weighted by molar-refractivity contribution is 6.12. The molecule has 0 radical (unpaired) electrons. The number of rotatable bonds is 32. The maximum absolute atomic E-state index is 14.0. The number of urea groups is 1. The number of imide groups is 1. The fourth-order valence-corrected chi connectivity index (χ4v) is 11.2. The van der Waals surface area contributed by atoms with Crippen molar-refractivity contribution in [3.05, 3.63) is 77.9 Å². The molecular formula is C67H99N9O20. The maximum atomic E-state index is 14.0. The maximum Gasteiger partial charge on any atom is 0.410 e. The fraction of sp³-hybridized carbons (Fsp3) is 0.627. The molecule has 12 N–H and O–H groups in total. The van der Waals surface area contributed by atoms with Gasteiger partial charge < -0.3 is 86.6 Å². The first kappa shape index (κ1) is 78.4. The predicted octanol–water partition coefficient (Wildman–Crippen LogP) is 3.51. The number of aliphatic hydroxyl groups excluding tert-OH is 2. The van der Waals surface area contributed by atoms with Gasteiger partial charge in [0.2, 0.25) is 23.6 Å². The van der Waals surface area contributed by atoms with Crippen molar-refractivity contribution in [3.8, 4) is 0 Å². The first-order chi connectivity index (χ1) is 45.3. The van der Waals surface area contributed by atoms with Crippen LogP contribution in [0.25, 0.3) is 0 Å². The van der Waals surface area contributed by atoms with Crippen molar-refractivity contribution in [2.45, 2.75) is 211 Å². The van der Waals surface area contributed by atoms with Crippen LogP contribution >= 0.6 is 0 Å². The number of anilines is 1. The molecule has 532 valence electrons. The molecule has 0 unspecified atom stereocenters. The van der Waals surface area contributed by atoms with Crippen molar-refractivity contribution in [3.63, 3.8) is 0 Å². The van der Waals surface area contributed by atoms with Crippen LogP contribution in [-0.4, -0.2) is 211 Å². The largest absolute Gasteiger partial charge is 0.481 e. The monoisotopic (exact) mass is 1350 g/mol. The molecule has 1 aromatic rings. The van der Waals surface area contributed by atoms with Gasteiger partial charge in [0, 0.05) is 88.2 Å². The quantitative estimate of drug-likeness (QED) is 0.00935. The van der Waals surface area contributed by atoms with Crippen LogP contribution in [0.2, 0.25) is 0 Å². The second-order valence-corrected chi connectivity index (χ2v) is 26.0. The highest BCUT2D eigenvalue weighted by Crippen LogP contribution is 2.38. The number of cyclic esters (lactones) is 1. The van der Waals surface area contributed by atoms with Gasteiger partial charge in [-0.15, -0.1) is 0 Å². The van der Waals surface area contributed by atoms with Gasteiger partial charge in [-0.05, 0) is 107 Å². The number of carboxylic acids is 1. The summed E-state index contributed by atoms with van der Waals surface area (Å²) in [5.74, 6) is -6.79. The Hall–Kier alpha value is -8.25. The number of carboxylic acid groups (broad SMARTS) is 1. The Balaban J connectivity index is 1.13. The van der Waals surface area contributed by atoms with Crippen LogP contribution in [0.3, 0.4) is 0 Å². The molecule has 0 saturated carbocycles. The SMILES string of the molecule is CC[C@H](O)[C@@H](C)[C@H]1O[C@@H]1C[C@@](C)(O)/C=C/C=C(\C)[C@H]1OC(=O)C[C@H](O)CC[C@@](C)(O)[C@@H](OC(=O)N2CCN(C(=O)OCc3ccc(NC(=O)[C@H](CCCNC(N)=O)NC(=O)[C@@H](NC(=O)[C@H](CCC(=O)O)NC(=O)CCCCCN4C(=O)C=CC4=O)C(C)C)cc3)CC2)/C=C/[C@@H]1C. The van der Waals surface area contributed by atoms with E-state index in [2.05, 4.69) is 26.6 Å². The number of nitrogens with two attached hydrogens (primary N) is 1. The number of benzene rings is 1. The number of carbonyl (C=O) groups excluding carboxylic acids is 10. The molecule has 0 bridgehead atoms. The van der Waals surface area contributed by atoms with E-state index < -0.39 is 138 Å². The molecule has 2 saturated heterocycles. The molecule has 0 aromatic heterocycles. The van der Waals surface area contributed by atoms with Crippen LogP contribution in [0, 0.1) is 17.8 Å². The Morgan fingerprint density at radius 1 is 0.854 bits per heavy atom. The first-order valence-electron chi connectivity index (χ1n) is 32.9. The highest BCUT2D eigenvalue weighted by atomic mass is 16.6. The van der Waals surface area contributed by atoms with E-state index in [4.69, 9.17) is 24.7 Å². The molecule has 5 rings (SSSR count). The summed E-state index contributed by atoms with van der Waals surface area (Å²) in [6.07, 6.45) is 5.97. The van der Waals surface area contributed by atoms with E-state index in [1.807, 2.05) is 13.8 Å². The normalized spacial score (nSPS) is 24.2. The number of hydrogen-bond donors (Lipinski definition) is 11. The molecule has 0 spiro atoms. The number of allylic oxidation sites excluding steroid dienone is 2. The zero-order valence-corrected chi connectivity index (χ0v) is 56.2. The topological polar surface area (TPSA) is 425 Å². The number of unbranched alkanes of at least 4 members (excludes halogenated alkanes) is 2. The Morgan fingerprint density at radius 2 is 1.50 bits per heavy atom. The molecular weight excluding hydrogens is 1250 g/mol. The second kappa shape index (κ2) is 37.3. The van der Waals surface area contributed by atoms with E-state index in [9.17, 15) is 78.3 Å². The number of epoxide rings is 1. The third kappa shape index (κ3) is 25.7. The number of nitrogens with zero attached hydrogens (tertiary/aromatic N) is 3. The van der Waals surface area contributed by atoms with Crippen molar-refractivity contribution < 1.29 is 97.2 Å². The summed E-state index contributed by atoms with van der Waals surface area (Å²) in [6, 6.07) is 1.60. The third-order valence-electron chi connectivity index (χ3n) is 17.3. The molecule has 4 heterocycles. The van der Waals surface area contributed by atoms with Crippen LogP contribution < -0.4 is 32.3 Å².